The van der Waals surface area contributed by atoms with E-state index in [1.165, 1.54) is 6.07 Å². The Bertz CT molecular complexity index is 1120. The third kappa shape index (κ3) is 5.23. The number of hydrazine groups is 1. The van der Waals surface area contributed by atoms with Gasteiger partial charge in [0.2, 0.25) is 11.6 Å². The van der Waals surface area contributed by atoms with E-state index in [1.54, 1.807) is 24.3 Å². The third-order valence-electron chi connectivity index (χ3n) is 4.07. The van der Waals surface area contributed by atoms with Crippen molar-refractivity contribution in [3.8, 4) is 0 Å². The van der Waals surface area contributed by atoms with Gasteiger partial charge in [-0.1, -0.05) is 23.8 Å². The van der Waals surface area contributed by atoms with Crippen molar-refractivity contribution >= 4 is 28.9 Å². The number of anilines is 3. The fraction of sp³-hybridized carbons (Fsp3) is 0.105. The molecule has 1 amide bonds. The molecule has 3 N–H and O–H groups in total. The van der Waals surface area contributed by atoms with E-state index in [9.17, 15) is 28.1 Å². The molecule has 3 rings (SSSR count). The van der Waals surface area contributed by atoms with Crippen molar-refractivity contribution in [2.75, 3.05) is 10.7 Å². The molecule has 0 aliphatic heterocycles. The first-order valence-corrected chi connectivity index (χ1v) is 8.72. The van der Waals surface area contributed by atoms with E-state index >= 15 is 0 Å². The SMILES string of the molecule is Cc1ccc(C(=O)NNc2ncnc(Nc3cccc(C(F)(F)F)c3)c2[N+](=O)[O-])cc1. The van der Waals surface area contributed by atoms with Crippen LogP contribution in [-0.2, 0) is 6.18 Å². The fourth-order valence-electron chi connectivity index (χ4n) is 2.54. The van der Waals surface area contributed by atoms with Gasteiger partial charge in [0.05, 0.1) is 10.5 Å². The Morgan fingerprint density at radius 1 is 1.06 bits per heavy atom. The van der Waals surface area contributed by atoms with Crippen molar-refractivity contribution in [1.82, 2.24) is 15.4 Å². The highest BCUT2D eigenvalue weighted by atomic mass is 19.4. The van der Waals surface area contributed by atoms with Crippen LogP contribution in [0.3, 0.4) is 0 Å². The molecule has 2 aromatic carbocycles. The second kappa shape index (κ2) is 8.65. The van der Waals surface area contributed by atoms with Crippen LogP contribution in [0.15, 0.2) is 54.9 Å². The summed E-state index contributed by atoms with van der Waals surface area (Å²) in [5.41, 5.74) is 4.24. The molecular weight excluding hydrogens is 417 g/mol. The summed E-state index contributed by atoms with van der Waals surface area (Å²) < 4.78 is 38.7. The number of alkyl halides is 3. The summed E-state index contributed by atoms with van der Waals surface area (Å²) >= 11 is 0. The summed E-state index contributed by atoms with van der Waals surface area (Å²) in [5, 5.41) is 14.1. The maximum absolute atomic E-state index is 12.9. The molecule has 0 saturated heterocycles. The number of amides is 1. The predicted molar refractivity (Wildman–Crippen MR) is 106 cm³/mol. The molecule has 0 bridgehead atoms. The highest BCUT2D eigenvalue weighted by Crippen LogP contribution is 2.34. The summed E-state index contributed by atoms with van der Waals surface area (Å²) in [6.45, 7) is 1.85. The van der Waals surface area contributed by atoms with Gasteiger partial charge in [-0.05, 0) is 37.3 Å². The Kier molecular flexibility index (Phi) is 6.00. The van der Waals surface area contributed by atoms with Gasteiger partial charge in [0.25, 0.3) is 5.91 Å². The van der Waals surface area contributed by atoms with Gasteiger partial charge in [0.15, 0.2) is 0 Å². The summed E-state index contributed by atoms with van der Waals surface area (Å²) in [6, 6.07) is 10.7. The molecule has 31 heavy (non-hydrogen) atoms. The lowest BCUT2D eigenvalue weighted by molar-refractivity contribution is -0.383. The van der Waals surface area contributed by atoms with Crippen LogP contribution in [0.5, 0.6) is 0 Å². The van der Waals surface area contributed by atoms with Crippen LogP contribution in [0, 0.1) is 17.0 Å². The average molecular weight is 432 g/mol. The monoisotopic (exact) mass is 432 g/mol. The largest absolute Gasteiger partial charge is 0.416 e. The van der Waals surface area contributed by atoms with Crippen molar-refractivity contribution in [3.05, 3.63) is 81.7 Å². The highest BCUT2D eigenvalue weighted by Gasteiger charge is 2.31. The van der Waals surface area contributed by atoms with Crippen LogP contribution in [0.1, 0.15) is 21.5 Å². The van der Waals surface area contributed by atoms with Crippen LogP contribution >= 0.6 is 0 Å². The molecule has 1 heterocycles. The molecule has 0 saturated carbocycles. The first-order valence-electron chi connectivity index (χ1n) is 8.72. The molecule has 0 aliphatic rings. The molecule has 0 fully saturated rings. The van der Waals surface area contributed by atoms with Gasteiger partial charge >= 0.3 is 11.9 Å². The molecule has 0 spiro atoms. The maximum atomic E-state index is 12.9. The van der Waals surface area contributed by atoms with Crippen LogP contribution in [-0.4, -0.2) is 20.8 Å². The summed E-state index contributed by atoms with van der Waals surface area (Å²) in [5.74, 6) is -1.28. The molecule has 0 radical (unpaired) electrons. The molecule has 3 aromatic rings. The number of benzene rings is 2. The van der Waals surface area contributed by atoms with Gasteiger partial charge in [-0.2, -0.15) is 13.2 Å². The summed E-state index contributed by atoms with van der Waals surface area (Å²) in [6.07, 6.45) is -3.62. The molecule has 0 atom stereocenters. The van der Waals surface area contributed by atoms with E-state index in [2.05, 4.69) is 26.1 Å². The van der Waals surface area contributed by atoms with E-state index < -0.39 is 28.3 Å². The lowest BCUT2D eigenvalue weighted by Gasteiger charge is -2.12. The Labute approximate surface area is 173 Å². The van der Waals surface area contributed by atoms with Crippen LogP contribution < -0.4 is 16.2 Å². The Morgan fingerprint density at radius 2 is 1.74 bits per heavy atom. The minimum atomic E-state index is -4.58. The molecule has 160 valence electrons. The zero-order valence-corrected chi connectivity index (χ0v) is 15.9. The van der Waals surface area contributed by atoms with Crippen LogP contribution in [0.4, 0.5) is 36.2 Å². The predicted octanol–water partition coefficient (Wildman–Crippen LogP) is 4.21. The normalized spacial score (nSPS) is 11.0. The van der Waals surface area contributed by atoms with E-state index in [4.69, 9.17) is 0 Å². The zero-order valence-electron chi connectivity index (χ0n) is 15.9. The average Bonchev–Trinajstić information content (AvgIpc) is 2.72. The minimum absolute atomic E-state index is 0.0636. The first-order chi connectivity index (χ1) is 14.6. The number of hydrogen-bond acceptors (Lipinski definition) is 7. The lowest BCUT2D eigenvalue weighted by atomic mass is 10.1. The van der Waals surface area contributed by atoms with Gasteiger partial charge in [0.1, 0.15) is 6.33 Å². The number of rotatable bonds is 6. The summed E-state index contributed by atoms with van der Waals surface area (Å²) in [4.78, 5) is 30.4. The number of carbonyl (C=O) groups excluding carboxylic acids is 1. The minimum Gasteiger partial charge on any atom is -0.334 e. The molecule has 12 heteroatoms. The quantitative estimate of drug-likeness (QED) is 0.394. The molecule has 9 nitrogen and oxygen atoms in total. The van der Waals surface area contributed by atoms with Gasteiger partial charge in [-0.15, -0.1) is 0 Å². The van der Waals surface area contributed by atoms with Gasteiger partial charge in [0, 0.05) is 11.3 Å². The van der Waals surface area contributed by atoms with Crippen molar-refractivity contribution in [2.45, 2.75) is 13.1 Å². The molecular formula is C19H15F3N6O3. The highest BCUT2D eigenvalue weighted by molar-refractivity contribution is 5.95. The van der Waals surface area contributed by atoms with Crippen LogP contribution in [0.25, 0.3) is 0 Å². The van der Waals surface area contributed by atoms with Crippen molar-refractivity contribution in [3.63, 3.8) is 0 Å². The standard InChI is InChI=1S/C19H15F3N6O3/c1-11-5-7-12(8-6-11)18(29)27-26-17-15(28(30)31)16(23-10-24-17)25-14-4-2-3-13(9-14)19(20,21)22/h2-10H,1H3,(H,27,29)(H2,23,24,25,26). The third-order valence-corrected chi connectivity index (χ3v) is 4.07. The first kappa shape index (κ1) is 21.5. The van der Waals surface area contributed by atoms with Gasteiger partial charge in [-0.25, -0.2) is 9.97 Å². The molecule has 1 aromatic heterocycles. The van der Waals surface area contributed by atoms with E-state index in [-0.39, 0.29) is 17.3 Å². The van der Waals surface area contributed by atoms with Crippen molar-refractivity contribution in [1.29, 1.82) is 0 Å². The van der Waals surface area contributed by atoms with Crippen LogP contribution in [0.2, 0.25) is 0 Å². The van der Waals surface area contributed by atoms with Gasteiger partial charge in [-0.3, -0.25) is 25.8 Å². The summed E-state index contributed by atoms with van der Waals surface area (Å²) in [7, 11) is 0. The topological polar surface area (TPSA) is 122 Å². The lowest BCUT2D eigenvalue weighted by Crippen LogP contribution is -2.30. The number of carbonyl (C=O) groups is 1. The number of hydrogen-bond donors (Lipinski definition) is 3. The number of aryl methyl sites for hydroxylation is 1. The second-order valence-corrected chi connectivity index (χ2v) is 6.33. The smallest absolute Gasteiger partial charge is 0.334 e. The van der Waals surface area contributed by atoms with E-state index in [1.807, 2.05) is 6.92 Å². The van der Waals surface area contributed by atoms with Gasteiger partial charge < -0.3 is 5.32 Å². The molecule has 0 aliphatic carbocycles. The molecule has 0 unspecified atom stereocenters. The number of nitro groups is 1. The number of halogens is 3. The van der Waals surface area contributed by atoms with E-state index in [0.717, 1.165) is 30.1 Å². The maximum Gasteiger partial charge on any atom is 0.416 e. The Morgan fingerprint density at radius 3 is 2.39 bits per heavy atom. The van der Waals surface area contributed by atoms with Crippen molar-refractivity contribution < 1.29 is 22.9 Å². The fourth-order valence-corrected chi connectivity index (χ4v) is 2.54. The Hall–Kier alpha value is -4.22. The van der Waals surface area contributed by atoms with E-state index in [0.29, 0.717) is 5.56 Å². The van der Waals surface area contributed by atoms with Crippen molar-refractivity contribution in [2.24, 2.45) is 0 Å². The zero-order chi connectivity index (χ0) is 22.6. The number of nitrogens with one attached hydrogen (secondary N) is 3. The Balaban J connectivity index is 1.84. The second-order valence-electron chi connectivity index (χ2n) is 6.33. The number of nitrogens with zero attached hydrogens (tertiary/aromatic N) is 3. The number of aromatic nitrogens is 2.